The Hall–Kier alpha value is -2.11. The Kier molecular flexibility index (Phi) is 66.6. The zero-order chi connectivity index (χ0) is 57.1. The fourth-order valence-electron chi connectivity index (χ4n) is 11.0. The molecule has 466 valence electrons. The quantitative estimate of drug-likeness (QED) is 0.0261. The molecule has 0 bridgehead atoms. The number of esters is 3. The molecule has 0 aromatic rings. The summed E-state index contributed by atoms with van der Waals surface area (Å²) >= 11 is 0. The van der Waals surface area contributed by atoms with Gasteiger partial charge in [-0.3, -0.25) is 14.4 Å². The Bertz CT molecular complexity index is 1270. The Morgan fingerprint density at radius 3 is 0.671 bits per heavy atom. The monoisotopic (exact) mass is 1110 g/mol. The number of hydrogen-bond acceptors (Lipinski definition) is 6. The van der Waals surface area contributed by atoms with E-state index < -0.39 is 6.10 Å². The van der Waals surface area contributed by atoms with Crippen molar-refractivity contribution in [2.24, 2.45) is 0 Å². The lowest BCUT2D eigenvalue weighted by Crippen LogP contribution is -2.30. The summed E-state index contributed by atoms with van der Waals surface area (Å²) in [7, 11) is 0. The molecule has 0 saturated carbocycles. The van der Waals surface area contributed by atoms with Gasteiger partial charge >= 0.3 is 17.9 Å². The first kappa shape index (κ1) is 76.9. The summed E-state index contributed by atoms with van der Waals surface area (Å²) in [6.45, 7) is 6.68. The molecule has 0 radical (unpaired) electrons. The summed E-state index contributed by atoms with van der Waals surface area (Å²) < 4.78 is 17.0. The predicted molar refractivity (Wildman–Crippen MR) is 344 cm³/mol. The second-order valence-electron chi connectivity index (χ2n) is 24.5. The number of hydrogen-bond donors (Lipinski definition) is 0. The number of ether oxygens (including phenoxy) is 3. The van der Waals surface area contributed by atoms with Crippen molar-refractivity contribution >= 4 is 17.9 Å². The van der Waals surface area contributed by atoms with Crippen molar-refractivity contribution in [1.29, 1.82) is 0 Å². The molecule has 0 aromatic carbocycles. The molecule has 0 aliphatic heterocycles. The summed E-state index contributed by atoms with van der Waals surface area (Å²) in [5.41, 5.74) is 0. The van der Waals surface area contributed by atoms with Gasteiger partial charge in [-0.15, -0.1) is 0 Å². The smallest absolute Gasteiger partial charge is 0.306 e. The first-order chi connectivity index (χ1) is 39.0. The number of unbranched alkanes of at least 4 members (excludes halogenated alkanes) is 52. The average Bonchev–Trinajstić information content (AvgIpc) is 3.45. The third-order valence-corrected chi connectivity index (χ3v) is 16.4. The van der Waals surface area contributed by atoms with E-state index in [1.54, 1.807) is 0 Å². The van der Waals surface area contributed by atoms with Gasteiger partial charge in [0.15, 0.2) is 6.10 Å². The standard InChI is InChI=1S/C73H138O6/c1-4-7-10-13-16-19-22-24-26-28-30-32-34-35-36-37-39-40-42-44-46-48-51-54-57-60-63-66-72(75)78-69-70(68-77-71(74)65-62-59-56-53-50-21-18-15-12-9-6-3)79-73(76)67-64-61-58-55-52-49-47-45-43-41-38-33-31-29-27-25-23-20-17-14-11-8-5-2/h15,18,28,30,70H,4-14,16-17,19-27,29,31-69H2,1-3H3/b18-15-,30-28-. The highest BCUT2D eigenvalue weighted by Gasteiger charge is 2.19. The maximum Gasteiger partial charge on any atom is 0.306 e. The lowest BCUT2D eigenvalue weighted by atomic mass is 10.0. The second kappa shape index (κ2) is 68.4. The molecule has 6 heteroatoms. The van der Waals surface area contributed by atoms with Crippen LogP contribution in [0.25, 0.3) is 0 Å². The predicted octanol–water partition coefficient (Wildman–Crippen LogP) is 24.6. The van der Waals surface area contributed by atoms with Gasteiger partial charge in [0, 0.05) is 19.3 Å². The van der Waals surface area contributed by atoms with Crippen LogP contribution in [-0.2, 0) is 28.6 Å². The van der Waals surface area contributed by atoms with Crippen molar-refractivity contribution in [1.82, 2.24) is 0 Å². The molecule has 0 heterocycles. The largest absolute Gasteiger partial charge is 0.462 e. The second-order valence-corrected chi connectivity index (χ2v) is 24.5. The van der Waals surface area contributed by atoms with Gasteiger partial charge in [-0.2, -0.15) is 0 Å². The van der Waals surface area contributed by atoms with Crippen LogP contribution < -0.4 is 0 Å². The fourth-order valence-corrected chi connectivity index (χ4v) is 11.0. The minimum Gasteiger partial charge on any atom is -0.462 e. The Morgan fingerprint density at radius 1 is 0.241 bits per heavy atom. The van der Waals surface area contributed by atoms with Gasteiger partial charge in [0.25, 0.3) is 0 Å². The molecule has 0 aromatic heterocycles. The van der Waals surface area contributed by atoms with E-state index in [2.05, 4.69) is 45.1 Å². The van der Waals surface area contributed by atoms with Gasteiger partial charge in [-0.05, 0) is 64.2 Å². The minimum atomic E-state index is -0.771. The summed E-state index contributed by atoms with van der Waals surface area (Å²) in [5, 5.41) is 0. The van der Waals surface area contributed by atoms with E-state index >= 15 is 0 Å². The minimum absolute atomic E-state index is 0.0680. The third kappa shape index (κ3) is 66.6. The molecule has 0 aliphatic rings. The van der Waals surface area contributed by atoms with Gasteiger partial charge in [-0.1, -0.05) is 347 Å². The van der Waals surface area contributed by atoms with Crippen molar-refractivity contribution < 1.29 is 28.6 Å². The van der Waals surface area contributed by atoms with Crippen LogP contribution >= 0.6 is 0 Å². The Balaban J connectivity index is 4.15. The highest BCUT2D eigenvalue weighted by atomic mass is 16.6. The van der Waals surface area contributed by atoms with Crippen LogP contribution in [-0.4, -0.2) is 37.2 Å². The van der Waals surface area contributed by atoms with E-state index in [9.17, 15) is 14.4 Å². The van der Waals surface area contributed by atoms with Crippen LogP contribution in [0, 0.1) is 0 Å². The summed E-state index contributed by atoms with van der Waals surface area (Å²) in [6, 6.07) is 0. The van der Waals surface area contributed by atoms with Crippen molar-refractivity contribution in [2.75, 3.05) is 13.2 Å². The molecule has 0 fully saturated rings. The van der Waals surface area contributed by atoms with E-state index in [1.165, 1.54) is 302 Å². The van der Waals surface area contributed by atoms with Crippen LogP contribution in [0.5, 0.6) is 0 Å². The van der Waals surface area contributed by atoms with Gasteiger partial charge in [0.2, 0.25) is 0 Å². The first-order valence-corrected chi connectivity index (χ1v) is 35.8. The molecule has 6 nitrogen and oxygen atoms in total. The van der Waals surface area contributed by atoms with Crippen LogP contribution in [0.1, 0.15) is 406 Å². The molecule has 0 rings (SSSR count). The van der Waals surface area contributed by atoms with E-state index in [0.29, 0.717) is 19.3 Å². The van der Waals surface area contributed by atoms with Crippen molar-refractivity contribution in [3.05, 3.63) is 24.3 Å². The van der Waals surface area contributed by atoms with Gasteiger partial charge in [0.05, 0.1) is 0 Å². The van der Waals surface area contributed by atoms with Crippen LogP contribution in [0.3, 0.4) is 0 Å². The normalized spacial score (nSPS) is 12.1. The van der Waals surface area contributed by atoms with Gasteiger partial charge in [0.1, 0.15) is 13.2 Å². The van der Waals surface area contributed by atoms with E-state index in [1.807, 2.05) is 0 Å². The summed E-state index contributed by atoms with van der Waals surface area (Å²) in [4.78, 5) is 38.4. The lowest BCUT2D eigenvalue weighted by Gasteiger charge is -2.18. The molecule has 1 atom stereocenters. The van der Waals surface area contributed by atoms with Gasteiger partial charge in [-0.25, -0.2) is 0 Å². The summed E-state index contributed by atoms with van der Waals surface area (Å²) in [6.07, 6.45) is 83.7. The first-order valence-electron chi connectivity index (χ1n) is 35.8. The molecule has 0 saturated heterocycles. The molecule has 0 N–H and O–H groups in total. The van der Waals surface area contributed by atoms with Crippen LogP contribution in [0.15, 0.2) is 24.3 Å². The Morgan fingerprint density at radius 2 is 0.430 bits per heavy atom. The zero-order valence-corrected chi connectivity index (χ0v) is 53.7. The molecular weight excluding hydrogens is 973 g/mol. The number of carbonyl (C=O) groups excluding carboxylic acids is 3. The number of carbonyl (C=O) groups is 3. The topological polar surface area (TPSA) is 78.9 Å². The van der Waals surface area contributed by atoms with Crippen molar-refractivity contribution in [3.8, 4) is 0 Å². The maximum atomic E-state index is 12.9. The van der Waals surface area contributed by atoms with Crippen LogP contribution in [0.4, 0.5) is 0 Å². The number of rotatable bonds is 67. The van der Waals surface area contributed by atoms with Gasteiger partial charge < -0.3 is 14.2 Å². The molecule has 0 aliphatic carbocycles. The maximum absolute atomic E-state index is 12.9. The van der Waals surface area contributed by atoms with E-state index in [-0.39, 0.29) is 31.1 Å². The molecule has 0 amide bonds. The van der Waals surface area contributed by atoms with E-state index in [0.717, 1.165) is 64.2 Å². The lowest BCUT2D eigenvalue weighted by molar-refractivity contribution is -0.167. The molecule has 0 spiro atoms. The van der Waals surface area contributed by atoms with Crippen molar-refractivity contribution in [3.63, 3.8) is 0 Å². The van der Waals surface area contributed by atoms with E-state index in [4.69, 9.17) is 14.2 Å². The zero-order valence-electron chi connectivity index (χ0n) is 53.7. The van der Waals surface area contributed by atoms with Crippen LogP contribution in [0.2, 0.25) is 0 Å². The van der Waals surface area contributed by atoms with Crippen molar-refractivity contribution in [2.45, 2.75) is 412 Å². The number of allylic oxidation sites excluding steroid dienone is 4. The SMILES string of the molecule is CCCC/C=C\CCCCCCCC(=O)OCC(COC(=O)CCCCCCCCCCCCCCCCC/C=C\CCCCCCCCCC)OC(=O)CCCCCCCCCCCCCCCCCCCCCCCCC. The third-order valence-electron chi connectivity index (χ3n) is 16.4. The average molecular weight is 1110 g/mol. The highest BCUT2D eigenvalue weighted by Crippen LogP contribution is 2.19. The molecular formula is C73H138O6. The molecule has 1 unspecified atom stereocenters. The molecule has 79 heavy (non-hydrogen) atoms. The highest BCUT2D eigenvalue weighted by molar-refractivity contribution is 5.71. The fraction of sp³-hybridized carbons (Fsp3) is 0.904. The Labute approximate surface area is 493 Å². The summed E-state index contributed by atoms with van der Waals surface area (Å²) in [5.74, 6) is -0.847.